The summed E-state index contributed by atoms with van der Waals surface area (Å²) >= 11 is 0. The number of nitrogens with zero attached hydrogens (tertiary/aromatic N) is 3. The number of aliphatic hydroxyl groups excluding tert-OH is 1. The number of likely N-dealkylation sites (N-methyl/N-ethyl adjacent to an activating group) is 1. The molecule has 2 heterocycles. The Morgan fingerprint density at radius 2 is 1.79 bits per heavy atom. The van der Waals surface area contributed by atoms with Crippen molar-refractivity contribution in [3.8, 4) is 11.1 Å². The predicted molar refractivity (Wildman–Crippen MR) is 140 cm³/mol. The first kappa shape index (κ1) is 27.6. The van der Waals surface area contributed by atoms with Crippen LogP contribution in [0.15, 0.2) is 54.7 Å². The maximum atomic E-state index is 14.2. The van der Waals surface area contributed by atoms with Crippen LogP contribution in [0.2, 0.25) is 0 Å². The minimum Gasteiger partial charge on any atom is -0.394 e. The number of hydrogen-bond acceptors (Lipinski definition) is 4. The van der Waals surface area contributed by atoms with Crippen LogP contribution in [-0.2, 0) is 16.4 Å². The van der Waals surface area contributed by atoms with Gasteiger partial charge in [-0.05, 0) is 74.6 Å². The van der Waals surface area contributed by atoms with Gasteiger partial charge < -0.3 is 14.9 Å². The van der Waals surface area contributed by atoms with Gasteiger partial charge in [-0.15, -0.1) is 0 Å². The number of benzene rings is 2. The zero-order chi connectivity index (χ0) is 27.8. The Morgan fingerprint density at radius 1 is 1.11 bits per heavy atom. The van der Waals surface area contributed by atoms with Crippen molar-refractivity contribution in [2.24, 2.45) is 0 Å². The first-order chi connectivity index (χ1) is 17.8. The summed E-state index contributed by atoms with van der Waals surface area (Å²) in [6.07, 6.45) is -1.40. The quantitative estimate of drug-likeness (QED) is 0.391. The second-order valence-electron chi connectivity index (χ2n) is 10.3. The van der Waals surface area contributed by atoms with Crippen molar-refractivity contribution in [2.75, 3.05) is 30.0 Å². The molecule has 1 N–H and O–H groups in total. The van der Waals surface area contributed by atoms with E-state index in [0.717, 1.165) is 48.2 Å². The Labute approximate surface area is 219 Å². The molecule has 0 spiro atoms. The van der Waals surface area contributed by atoms with Crippen molar-refractivity contribution in [1.29, 1.82) is 0 Å². The van der Waals surface area contributed by atoms with Gasteiger partial charge in [0.1, 0.15) is 11.6 Å². The molecule has 1 fully saturated rings. The molecular formula is C29H31F4N3O2. The molecule has 202 valence electrons. The molecule has 1 aliphatic heterocycles. The second kappa shape index (κ2) is 10.4. The summed E-state index contributed by atoms with van der Waals surface area (Å²) in [5.74, 6) is -0.910. The molecule has 1 amide bonds. The molecule has 9 heteroatoms. The molecule has 0 aliphatic carbocycles. The van der Waals surface area contributed by atoms with Crippen molar-refractivity contribution in [2.45, 2.75) is 51.2 Å². The molecule has 4 rings (SSSR count). The van der Waals surface area contributed by atoms with Crippen molar-refractivity contribution in [3.63, 3.8) is 0 Å². The molecule has 3 aromatic rings. The largest absolute Gasteiger partial charge is 0.416 e. The smallest absolute Gasteiger partial charge is 0.394 e. The number of carbonyl (C=O) groups excluding carboxylic acids is 1. The van der Waals surface area contributed by atoms with E-state index in [2.05, 4.69) is 4.98 Å². The summed E-state index contributed by atoms with van der Waals surface area (Å²) < 4.78 is 54.3. The lowest BCUT2D eigenvalue weighted by Crippen LogP contribution is -2.42. The predicted octanol–water partition coefficient (Wildman–Crippen LogP) is 6.12. The Bertz CT molecular complexity index is 1340. The van der Waals surface area contributed by atoms with Gasteiger partial charge >= 0.3 is 6.18 Å². The topological polar surface area (TPSA) is 56.7 Å². The van der Waals surface area contributed by atoms with Gasteiger partial charge in [-0.1, -0.05) is 24.3 Å². The minimum absolute atomic E-state index is 0.00323. The van der Waals surface area contributed by atoms with Crippen LogP contribution in [0.4, 0.5) is 29.1 Å². The lowest BCUT2D eigenvalue weighted by molar-refractivity contribution is -0.138. The number of aliphatic hydroxyl groups is 1. The van der Waals surface area contributed by atoms with Crippen molar-refractivity contribution < 1.29 is 27.5 Å². The fraction of sp³-hybridized carbons (Fsp3) is 0.379. The normalized spacial score (nSPS) is 16.1. The fourth-order valence-corrected chi connectivity index (χ4v) is 5.05. The molecule has 5 nitrogen and oxygen atoms in total. The molecular weight excluding hydrogens is 498 g/mol. The Hall–Kier alpha value is -3.46. The summed E-state index contributed by atoms with van der Waals surface area (Å²) in [5.41, 5.74) is 0.319. The molecule has 1 saturated heterocycles. The Morgan fingerprint density at radius 3 is 2.45 bits per heavy atom. The average Bonchev–Trinajstić information content (AvgIpc) is 3.36. The van der Waals surface area contributed by atoms with Gasteiger partial charge in [0.25, 0.3) is 0 Å². The number of anilines is 2. The molecule has 2 aromatic carbocycles. The van der Waals surface area contributed by atoms with E-state index in [1.54, 1.807) is 13.2 Å². The van der Waals surface area contributed by atoms with Gasteiger partial charge in [-0.25, -0.2) is 9.37 Å². The van der Waals surface area contributed by atoms with Crippen LogP contribution >= 0.6 is 0 Å². The number of carbonyl (C=O) groups is 1. The third kappa shape index (κ3) is 5.25. The van der Waals surface area contributed by atoms with Crippen molar-refractivity contribution in [1.82, 2.24) is 4.98 Å². The van der Waals surface area contributed by atoms with Crippen molar-refractivity contribution >= 4 is 17.4 Å². The van der Waals surface area contributed by atoms with E-state index in [-0.39, 0.29) is 18.2 Å². The van der Waals surface area contributed by atoms with Crippen LogP contribution in [0.3, 0.4) is 0 Å². The van der Waals surface area contributed by atoms with Gasteiger partial charge in [-0.3, -0.25) is 4.79 Å². The number of aryl methyl sites for hydroxylation is 1. The molecule has 1 atom stereocenters. The highest BCUT2D eigenvalue weighted by Gasteiger charge is 2.38. The molecule has 1 aromatic heterocycles. The van der Waals surface area contributed by atoms with E-state index in [9.17, 15) is 27.5 Å². The third-order valence-corrected chi connectivity index (χ3v) is 7.33. The van der Waals surface area contributed by atoms with Crippen LogP contribution in [0, 0.1) is 12.7 Å². The van der Waals surface area contributed by atoms with E-state index < -0.39 is 28.9 Å². The molecule has 0 saturated carbocycles. The maximum absolute atomic E-state index is 14.2. The number of aromatic nitrogens is 1. The number of rotatable bonds is 6. The van der Waals surface area contributed by atoms with Gasteiger partial charge in [-0.2, -0.15) is 13.2 Å². The van der Waals surface area contributed by atoms with Gasteiger partial charge in [0.2, 0.25) is 5.91 Å². The highest BCUT2D eigenvalue weighted by Crippen LogP contribution is 2.39. The molecule has 0 bridgehead atoms. The van der Waals surface area contributed by atoms with Crippen LogP contribution < -0.4 is 9.80 Å². The van der Waals surface area contributed by atoms with Gasteiger partial charge in [0, 0.05) is 19.2 Å². The fourth-order valence-electron chi connectivity index (χ4n) is 5.05. The average molecular weight is 530 g/mol. The number of pyridine rings is 1. The lowest BCUT2D eigenvalue weighted by Gasteiger charge is -2.32. The Balaban J connectivity index is 1.79. The van der Waals surface area contributed by atoms with E-state index in [0.29, 0.717) is 17.6 Å². The van der Waals surface area contributed by atoms with E-state index in [1.807, 2.05) is 42.2 Å². The zero-order valence-electron chi connectivity index (χ0n) is 21.8. The van der Waals surface area contributed by atoms with Crippen LogP contribution in [-0.4, -0.2) is 42.2 Å². The summed E-state index contributed by atoms with van der Waals surface area (Å²) in [6, 6.07) is 11.7. The van der Waals surface area contributed by atoms with E-state index >= 15 is 0 Å². The number of hydrogen-bond donors (Lipinski definition) is 1. The highest BCUT2D eigenvalue weighted by atomic mass is 19.4. The minimum atomic E-state index is -4.75. The molecule has 38 heavy (non-hydrogen) atoms. The number of alkyl halides is 3. The Kier molecular flexibility index (Phi) is 7.52. The highest BCUT2D eigenvalue weighted by molar-refractivity contribution is 6.03. The lowest BCUT2D eigenvalue weighted by atomic mass is 9.82. The molecule has 1 unspecified atom stereocenters. The number of halogens is 4. The van der Waals surface area contributed by atoms with Crippen LogP contribution in [0.25, 0.3) is 11.1 Å². The van der Waals surface area contributed by atoms with Gasteiger partial charge in [0.05, 0.1) is 35.5 Å². The summed E-state index contributed by atoms with van der Waals surface area (Å²) in [4.78, 5) is 21.8. The standard InChI is InChI=1S/C29H31F4N3O2/c1-18-8-5-6-10-23(18)24-15-26(36-11-7-9-22(36)17-37)34-16-25(24)35(4)27(38)28(2,3)19-12-20(29(31,32)33)14-21(30)13-19/h5-6,8,10,12-16,22,37H,7,9,11,17H2,1-4H3. The maximum Gasteiger partial charge on any atom is 0.416 e. The van der Waals surface area contributed by atoms with Crippen LogP contribution in [0.5, 0.6) is 0 Å². The SMILES string of the molecule is Cc1ccccc1-c1cc(N2CCCC2CO)ncc1N(C)C(=O)C(C)(C)c1cc(F)cc(C(F)(F)F)c1. The van der Waals surface area contributed by atoms with Crippen LogP contribution in [0.1, 0.15) is 43.4 Å². The molecule has 1 aliphatic rings. The zero-order valence-corrected chi connectivity index (χ0v) is 21.8. The third-order valence-electron chi connectivity index (χ3n) is 7.33. The second-order valence-corrected chi connectivity index (χ2v) is 10.3. The van der Waals surface area contributed by atoms with E-state index in [1.165, 1.54) is 18.7 Å². The monoisotopic (exact) mass is 529 g/mol. The number of amides is 1. The van der Waals surface area contributed by atoms with Crippen molar-refractivity contribution in [3.05, 3.63) is 77.2 Å². The summed E-state index contributed by atoms with van der Waals surface area (Å²) in [5, 5.41) is 9.81. The summed E-state index contributed by atoms with van der Waals surface area (Å²) in [6.45, 7) is 5.65. The first-order valence-corrected chi connectivity index (χ1v) is 12.4. The van der Waals surface area contributed by atoms with E-state index in [4.69, 9.17) is 0 Å². The van der Waals surface area contributed by atoms with Gasteiger partial charge in [0.15, 0.2) is 0 Å². The summed E-state index contributed by atoms with van der Waals surface area (Å²) in [7, 11) is 1.54. The first-order valence-electron chi connectivity index (χ1n) is 12.4. The molecule has 0 radical (unpaired) electrons.